The molecule has 6 aromatic carbocycles. The molecule has 0 aliphatic heterocycles. The Bertz CT molecular complexity index is 1700. The molecule has 6 rings (SSSR count). The molecular formula is C38H31S2+. The summed E-state index contributed by atoms with van der Waals surface area (Å²) in [4.78, 5) is 6.62. The summed E-state index contributed by atoms with van der Waals surface area (Å²) < 4.78 is 0. The second kappa shape index (κ2) is 12.0. The predicted molar refractivity (Wildman–Crippen MR) is 172 cm³/mol. The first-order chi connectivity index (χ1) is 19.7. The molecule has 0 spiro atoms. The number of hydrogen-bond acceptors (Lipinski definition) is 1. The van der Waals surface area contributed by atoms with E-state index in [1.54, 1.807) is 0 Å². The molecule has 0 N–H and O–H groups in total. The van der Waals surface area contributed by atoms with Gasteiger partial charge >= 0.3 is 0 Å². The maximum Gasteiger partial charge on any atom is 0.169 e. The van der Waals surface area contributed by atoms with Crippen molar-refractivity contribution in [2.75, 3.05) is 0 Å². The standard InChI is InChI=1S/C38H31S2/c1-28-11-9-10-16-38(28)40(35-23-19-33(20-24-35)31-14-7-4-8-15-31)36-25-26-37(29(2)27-36)39-34-21-17-32(18-22-34)30-12-5-3-6-13-30/h3-27H,1-2H3/q+1. The van der Waals surface area contributed by atoms with Gasteiger partial charge in [-0.3, -0.25) is 0 Å². The van der Waals surface area contributed by atoms with E-state index in [-0.39, 0.29) is 10.9 Å². The van der Waals surface area contributed by atoms with Crippen molar-refractivity contribution in [2.45, 2.75) is 38.3 Å². The van der Waals surface area contributed by atoms with Gasteiger partial charge in [0.05, 0.1) is 10.9 Å². The fourth-order valence-electron chi connectivity index (χ4n) is 4.93. The van der Waals surface area contributed by atoms with Crippen LogP contribution in [-0.4, -0.2) is 0 Å². The van der Waals surface area contributed by atoms with Crippen LogP contribution in [0.25, 0.3) is 22.3 Å². The molecule has 0 aliphatic rings. The van der Waals surface area contributed by atoms with Crippen LogP contribution in [0.1, 0.15) is 11.1 Å². The van der Waals surface area contributed by atoms with Crippen LogP contribution in [0.4, 0.5) is 0 Å². The fraction of sp³-hybridized carbons (Fsp3) is 0.0526. The Labute approximate surface area is 245 Å². The van der Waals surface area contributed by atoms with Crippen LogP contribution in [0.2, 0.25) is 0 Å². The van der Waals surface area contributed by atoms with Crippen molar-refractivity contribution in [1.29, 1.82) is 0 Å². The lowest BCUT2D eigenvalue weighted by Crippen LogP contribution is -2.07. The van der Waals surface area contributed by atoms with Crippen LogP contribution in [-0.2, 0) is 10.9 Å². The molecule has 0 radical (unpaired) electrons. The largest absolute Gasteiger partial charge is 0.169 e. The maximum absolute atomic E-state index is 2.39. The predicted octanol–water partition coefficient (Wildman–Crippen LogP) is 10.9. The molecule has 1 atom stereocenters. The second-order valence-electron chi connectivity index (χ2n) is 9.88. The molecule has 0 saturated carbocycles. The number of aryl methyl sites for hydroxylation is 2. The van der Waals surface area contributed by atoms with Gasteiger partial charge in [0, 0.05) is 15.4 Å². The summed E-state index contributed by atoms with van der Waals surface area (Å²) in [5.74, 6) is 0. The van der Waals surface area contributed by atoms with Crippen molar-refractivity contribution in [1.82, 2.24) is 0 Å². The van der Waals surface area contributed by atoms with E-state index >= 15 is 0 Å². The number of hydrogen-bond donors (Lipinski definition) is 0. The van der Waals surface area contributed by atoms with E-state index in [4.69, 9.17) is 0 Å². The lowest BCUT2D eigenvalue weighted by Gasteiger charge is -2.13. The summed E-state index contributed by atoms with van der Waals surface area (Å²) >= 11 is 1.84. The van der Waals surface area contributed by atoms with E-state index in [9.17, 15) is 0 Å². The average molecular weight is 552 g/mol. The highest BCUT2D eigenvalue weighted by molar-refractivity contribution is 7.99. The molecule has 0 bridgehead atoms. The summed E-state index contributed by atoms with van der Waals surface area (Å²) in [6.07, 6.45) is 0. The summed E-state index contributed by atoms with van der Waals surface area (Å²) in [6, 6.07) is 55.0. The molecular weight excluding hydrogens is 521 g/mol. The molecule has 0 aromatic heterocycles. The van der Waals surface area contributed by atoms with E-state index < -0.39 is 0 Å². The van der Waals surface area contributed by atoms with Crippen molar-refractivity contribution in [2.24, 2.45) is 0 Å². The lowest BCUT2D eigenvalue weighted by molar-refractivity contribution is 1.20. The molecule has 6 aromatic rings. The molecule has 0 heterocycles. The van der Waals surface area contributed by atoms with Gasteiger partial charge in [-0.2, -0.15) is 0 Å². The molecule has 0 amide bonds. The van der Waals surface area contributed by atoms with Gasteiger partial charge in [0.25, 0.3) is 0 Å². The molecule has 1 unspecified atom stereocenters. The number of rotatable bonds is 7. The molecule has 194 valence electrons. The Morgan fingerprint density at radius 3 is 1.50 bits per heavy atom. The third-order valence-electron chi connectivity index (χ3n) is 7.08. The Hall–Kier alpha value is -3.98. The fourth-order valence-corrected chi connectivity index (χ4v) is 8.10. The second-order valence-corrected chi connectivity index (χ2v) is 13.0. The third-order valence-corrected chi connectivity index (χ3v) is 10.6. The Morgan fingerprint density at radius 1 is 0.425 bits per heavy atom. The van der Waals surface area contributed by atoms with E-state index in [1.165, 1.54) is 57.9 Å². The number of benzene rings is 6. The minimum absolute atomic E-state index is 0.189. The van der Waals surface area contributed by atoms with Crippen molar-refractivity contribution in [3.05, 3.63) is 163 Å². The van der Waals surface area contributed by atoms with Gasteiger partial charge in [0.2, 0.25) is 0 Å². The topological polar surface area (TPSA) is 0 Å². The van der Waals surface area contributed by atoms with Gasteiger partial charge in [-0.15, -0.1) is 0 Å². The minimum Gasteiger partial charge on any atom is -0.0898 e. The van der Waals surface area contributed by atoms with Gasteiger partial charge in [0.1, 0.15) is 0 Å². The Kier molecular flexibility index (Phi) is 7.90. The lowest BCUT2D eigenvalue weighted by atomic mass is 10.1. The molecule has 0 saturated heterocycles. The van der Waals surface area contributed by atoms with Crippen LogP contribution >= 0.6 is 11.8 Å². The first-order valence-electron chi connectivity index (χ1n) is 13.6. The molecule has 0 fully saturated rings. The van der Waals surface area contributed by atoms with E-state index in [1.807, 2.05) is 11.8 Å². The smallest absolute Gasteiger partial charge is 0.0898 e. The zero-order chi connectivity index (χ0) is 27.3. The summed E-state index contributed by atoms with van der Waals surface area (Å²) in [7, 11) is -0.189. The highest BCUT2D eigenvalue weighted by Gasteiger charge is 2.30. The van der Waals surface area contributed by atoms with Gasteiger partial charge in [-0.05, 0) is 102 Å². The quantitative estimate of drug-likeness (QED) is 0.178. The van der Waals surface area contributed by atoms with Crippen LogP contribution < -0.4 is 0 Å². The highest BCUT2D eigenvalue weighted by Crippen LogP contribution is 2.38. The van der Waals surface area contributed by atoms with Crippen molar-refractivity contribution in [3.8, 4) is 22.3 Å². The average Bonchev–Trinajstić information content (AvgIpc) is 3.01. The van der Waals surface area contributed by atoms with Gasteiger partial charge in [-0.1, -0.05) is 103 Å². The van der Waals surface area contributed by atoms with Crippen molar-refractivity contribution >= 4 is 22.7 Å². The molecule has 2 heteroatoms. The third kappa shape index (κ3) is 5.79. The van der Waals surface area contributed by atoms with E-state index in [2.05, 4.69) is 166 Å². The summed E-state index contributed by atoms with van der Waals surface area (Å²) in [6.45, 7) is 4.46. The van der Waals surface area contributed by atoms with Gasteiger partial charge < -0.3 is 0 Å². The summed E-state index contributed by atoms with van der Waals surface area (Å²) in [5, 5.41) is 0. The van der Waals surface area contributed by atoms with Crippen LogP contribution in [0.3, 0.4) is 0 Å². The normalized spacial score (nSPS) is 11.8. The summed E-state index contributed by atoms with van der Waals surface area (Å²) in [5.41, 5.74) is 7.63. The van der Waals surface area contributed by atoms with Crippen molar-refractivity contribution < 1.29 is 0 Å². The first-order valence-corrected chi connectivity index (χ1v) is 15.6. The monoisotopic (exact) mass is 551 g/mol. The molecule has 0 aliphatic carbocycles. The minimum atomic E-state index is -0.189. The highest BCUT2D eigenvalue weighted by atomic mass is 32.2. The van der Waals surface area contributed by atoms with Crippen molar-refractivity contribution in [3.63, 3.8) is 0 Å². The van der Waals surface area contributed by atoms with Gasteiger partial charge in [-0.25, -0.2) is 0 Å². The van der Waals surface area contributed by atoms with Crippen LogP contribution in [0.15, 0.2) is 176 Å². The zero-order valence-corrected chi connectivity index (χ0v) is 24.4. The van der Waals surface area contributed by atoms with E-state index in [0.717, 1.165) is 0 Å². The Balaban J connectivity index is 1.30. The first kappa shape index (κ1) is 26.3. The zero-order valence-electron chi connectivity index (χ0n) is 22.8. The Morgan fingerprint density at radius 2 is 0.925 bits per heavy atom. The van der Waals surface area contributed by atoms with E-state index in [0.29, 0.717) is 0 Å². The van der Waals surface area contributed by atoms with Crippen LogP contribution in [0, 0.1) is 13.8 Å². The molecule has 0 nitrogen and oxygen atoms in total. The molecule has 40 heavy (non-hydrogen) atoms. The SMILES string of the molecule is Cc1cc([S+](c2ccc(-c3ccccc3)cc2)c2ccccc2C)ccc1Sc1ccc(-c2ccccc2)cc1. The maximum atomic E-state index is 2.39. The van der Waals surface area contributed by atoms with Crippen LogP contribution in [0.5, 0.6) is 0 Å². The van der Waals surface area contributed by atoms with Gasteiger partial charge in [0.15, 0.2) is 14.7 Å².